The van der Waals surface area contributed by atoms with E-state index < -0.39 is 12.1 Å². The van der Waals surface area contributed by atoms with E-state index in [1.165, 1.54) is 16.8 Å². The van der Waals surface area contributed by atoms with Crippen molar-refractivity contribution < 1.29 is 27.8 Å². The van der Waals surface area contributed by atoms with Crippen LogP contribution in [0.5, 0.6) is 0 Å². The van der Waals surface area contributed by atoms with Crippen molar-refractivity contribution in [3.63, 3.8) is 0 Å². The summed E-state index contributed by atoms with van der Waals surface area (Å²) in [4.78, 5) is 11.4. The van der Waals surface area contributed by atoms with Gasteiger partial charge in [0.05, 0.1) is 12.8 Å². The fraction of sp³-hybridized carbons (Fsp3) is 0.500. The molecule has 1 unspecified atom stereocenters. The number of nitrogens with zero attached hydrogens (tertiary/aromatic N) is 3. The first-order valence-corrected chi connectivity index (χ1v) is 8.70. The van der Waals surface area contributed by atoms with Crippen LogP contribution in [0.25, 0.3) is 0 Å². The summed E-state index contributed by atoms with van der Waals surface area (Å²) in [6, 6.07) is 2.20. The quantitative estimate of drug-likeness (QED) is 0.868. The molecular formula is C16H20F3N3O3S. The Morgan fingerprint density at radius 2 is 2.19 bits per heavy atom. The molecule has 0 radical (unpaired) electrons. The average molecular weight is 391 g/mol. The number of carboxylic acid groups (broad SMARTS) is 1. The molecule has 0 bridgehead atoms. The van der Waals surface area contributed by atoms with E-state index in [-0.39, 0.29) is 0 Å². The molecule has 0 fully saturated rings. The van der Waals surface area contributed by atoms with Crippen LogP contribution in [0.3, 0.4) is 0 Å². The molecule has 0 spiro atoms. The molecule has 0 amide bonds. The fourth-order valence-electron chi connectivity index (χ4n) is 2.94. The SMILES string of the molecule is COCC1CN(Cc2ccsc2)Cc2cnn(C)c21.O=C(O)C(F)(F)F. The Morgan fingerprint density at radius 3 is 2.73 bits per heavy atom. The maximum Gasteiger partial charge on any atom is 0.490 e. The lowest BCUT2D eigenvalue weighted by Gasteiger charge is -2.32. The van der Waals surface area contributed by atoms with Crippen molar-refractivity contribution in [3.8, 4) is 0 Å². The van der Waals surface area contributed by atoms with Gasteiger partial charge in [-0.15, -0.1) is 0 Å². The van der Waals surface area contributed by atoms with E-state index >= 15 is 0 Å². The number of methoxy groups -OCH3 is 1. The second kappa shape index (κ2) is 8.65. The molecule has 144 valence electrons. The van der Waals surface area contributed by atoms with Gasteiger partial charge in [-0.25, -0.2) is 4.79 Å². The molecule has 26 heavy (non-hydrogen) atoms. The van der Waals surface area contributed by atoms with Gasteiger partial charge < -0.3 is 9.84 Å². The summed E-state index contributed by atoms with van der Waals surface area (Å²) in [6.45, 7) is 3.79. The Kier molecular flexibility index (Phi) is 6.79. The minimum atomic E-state index is -5.08. The maximum absolute atomic E-state index is 10.6. The van der Waals surface area contributed by atoms with E-state index in [1.807, 2.05) is 17.9 Å². The number of carbonyl (C=O) groups is 1. The van der Waals surface area contributed by atoms with Crippen LogP contribution in [0.4, 0.5) is 13.2 Å². The second-order valence-corrected chi connectivity index (χ2v) is 6.72. The van der Waals surface area contributed by atoms with Gasteiger partial charge in [0.1, 0.15) is 0 Å². The molecule has 0 aliphatic carbocycles. The lowest BCUT2D eigenvalue weighted by Crippen LogP contribution is -2.35. The molecule has 0 saturated heterocycles. The van der Waals surface area contributed by atoms with E-state index in [4.69, 9.17) is 14.6 Å². The first-order valence-electron chi connectivity index (χ1n) is 7.75. The molecule has 0 saturated carbocycles. The number of aliphatic carboxylic acids is 1. The third-order valence-electron chi connectivity index (χ3n) is 3.92. The van der Waals surface area contributed by atoms with E-state index in [0.29, 0.717) is 5.92 Å². The molecule has 2 aromatic rings. The summed E-state index contributed by atoms with van der Waals surface area (Å²) in [5.41, 5.74) is 4.07. The molecule has 0 aromatic carbocycles. The summed E-state index contributed by atoms with van der Waals surface area (Å²) in [7, 11) is 3.80. The van der Waals surface area contributed by atoms with Crippen molar-refractivity contribution in [2.75, 3.05) is 20.3 Å². The minimum absolute atomic E-state index is 0.417. The Hall–Kier alpha value is -1.91. The van der Waals surface area contributed by atoms with Crippen LogP contribution in [0, 0.1) is 0 Å². The van der Waals surface area contributed by atoms with Gasteiger partial charge in [0.25, 0.3) is 0 Å². The van der Waals surface area contributed by atoms with Crippen LogP contribution in [0.2, 0.25) is 0 Å². The standard InChI is InChI=1S/C14H19N3OS.C2HF3O2/c1-16-14-12(5-15-16)7-17(8-13(14)9-18-2)6-11-3-4-19-10-11;3-2(4,5)1(6)7/h3-5,10,13H,6-9H2,1-2H3;(H,6,7). The molecule has 1 atom stereocenters. The average Bonchev–Trinajstić information content (AvgIpc) is 3.18. The Morgan fingerprint density at radius 1 is 1.50 bits per heavy atom. The Labute approximate surface area is 152 Å². The zero-order valence-electron chi connectivity index (χ0n) is 14.4. The van der Waals surface area contributed by atoms with Crippen molar-refractivity contribution in [2.45, 2.75) is 25.2 Å². The monoisotopic (exact) mass is 391 g/mol. The smallest absolute Gasteiger partial charge is 0.475 e. The van der Waals surface area contributed by atoms with Gasteiger partial charge in [-0.1, -0.05) is 0 Å². The van der Waals surface area contributed by atoms with Gasteiger partial charge >= 0.3 is 12.1 Å². The highest BCUT2D eigenvalue weighted by Gasteiger charge is 2.38. The van der Waals surface area contributed by atoms with Gasteiger partial charge in [-0.2, -0.15) is 29.6 Å². The molecule has 3 heterocycles. The third-order valence-corrected chi connectivity index (χ3v) is 4.65. The molecule has 10 heteroatoms. The molecule has 1 aliphatic heterocycles. The van der Waals surface area contributed by atoms with Crippen molar-refractivity contribution in [1.82, 2.24) is 14.7 Å². The fourth-order valence-corrected chi connectivity index (χ4v) is 3.60. The summed E-state index contributed by atoms with van der Waals surface area (Å²) < 4.78 is 39.1. The first kappa shape index (κ1) is 20.4. The lowest BCUT2D eigenvalue weighted by molar-refractivity contribution is -0.192. The van der Waals surface area contributed by atoms with Crippen LogP contribution in [0.1, 0.15) is 22.7 Å². The van der Waals surface area contributed by atoms with E-state index in [2.05, 4.69) is 26.8 Å². The van der Waals surface area contributed by atoms with Gasteiger partial charge in [-0.3, -0.25) is 9.58 Å². The largest absolute Gasteiger partial charge is 0.490 e. The number of rotatable bonds is 4. The molecule has 1 aliphatic rings. The number of halogens is 3. The number of carboxylic acids is 1. The zero-order chi connectivity index (χ0) is 19.3. The Balaban J connectivity index is 0.000000298. The predicted octanol–water partition coefficient (Wildman–Crippen LogP) is 2.86. The van der Waals surface area contributed by atoms with E-state index in [0.717, 1.165) is 26.2 Å². The number of fused-ring (bicyclic) bond motifs is 1. The van der Waals surface area contributed by atoms with Crippen molar-refractivity contribution in [1.29, 1.82) is 0 Å². The van der Waals surface area contributed by atoms with Crippen LogP contribution in [-0.2, 0) is 29.7 Å². The molecule has 3 rings (SSSR count). The second-order valence-electron chi connectivity index (χ2n) is 5.94. The molecule has 6 nitrogen and oxygen atoms in total. The number of thiophene rings is 1. The van der Waals surface area contributed by atoms with Crippen molar-refractivity contribution >= 4 is 17.3 Å². The first-order chi connectivity index (χ1) is 12.2. The van der Waals surface area contributed by atoms with Crippen molar-refractivity contribution in [2.24, 2.45) is 7.05 Å². The number of hydrogen-bond donors (Lipinski definition) is 1. The third kappa shape index (κ3) is 5.29. The van der Waals surface area contributed by atoms with Crippen molar-refractivity contribution in [3.05, 3.63) is 39.8 Å². The summed E-state index contributed by atoms with van der Waals surface area (Å²) in [6.07, 6.45) is -3.09. The Bertz CT molecular complexity index is 716. The minimum Gasteiger partial charge on any atom is -0.475 e. The van der Waals surface area contributed by atoms with Gasteiger partial charge in [0.15, 0.2) is 0 Å². The highest BCUT2D eigenvalue weighted by atomic mass is 32.1. The lowest BCUT2D eigenvalue weighted by atomic mass is 9.96. The number of hydrogen-bond acceptors (Lipinski definition) is 5. The van der Waals surface area contributed by atoms with Gasteiger partial charge in [-0.05, 0) is 22.4 Å². The molecule has 1 N–H and O–H groups in total. The number of alkyl halides is 3. The van der Waals surface area contributed by atoms with Crippen LogP contribution < -0.4 is 0 Å². The molecular weight excluding hydrogens is 371 g/mol. The maximum atomic E-state index is 10.6. The van der Waals surface area contributed by atoms with Crippen LogP contribution in [0.15, 0.2) is 23.0 Å². The number of ether oxygens (including phenoxy) is 1. The summed E-state index contributed by atoms with van der Waals surface area (Å²) in [5.74, 6) is -2.34. The number of aryl methyl sites for hydroxylation is 1. The number of aromatic nitrogens is 2. The van der Waals surface area contributed by atoms with Gasteiger partial charge in [0.2, 0.25) is 0 Å². The summed E-state index contributed by atoms with van der Waals surface area (Å²) in [5, 5.41) is 15.9. The van der Waals surface area contributed by atoms with Crippen LogP contribution in [-0.4, -0.2) is 52.2 Å². The highest BCUT2D eigenvalue weighted by molar-refractivity contribution is 7.07. The summed E-state index contributed by atoms with van der Waals surface area (Å²) >= 11 is 1.76. The topological polar surface area (TPSA) is 67.6 Å². The zero-order valence-corrected chi connectivity index (χ0v) is 15.2. The van der Waals surface area contributed by atoms with E-state index in [1.54, 1.807) is 18.4 Å². The predicted molar refractivity (Wildman–Crippen MR) is 89.9 cm³/mol. The van der Waals surface area contributed by atoms with E-state index in [9.17, 15) is 13.2 Å². The highest BCUT2D eigenvalue weighted by Crippen LogP contribution is 2.29. The van der Waals surface area contributed by atoms with Crippen LogP contribution >= 0.6 is 11.3 Å². The molecule has 2 aromatic heterocycles. The van der Waals surface area contributed by atoms with Gasteiger partial charge in [0, 0.05) is 51.0 Å². The normalized spacial score (nSPS) is 17.3.